The van der Waals surface area contributed by atoms with Gasteiger partial charge in [-0.05, 0) is 43.3 Å². The molecular formula is C32H50O7. The molecule has 2 saturated carbocycles. The molecule has 0 amide bonds. The number of esters is 1. The molecule has 0 bridgehead atoms. The van der Waals surface area contributed by atoms with Gasteiger partial charge in [0.1, 0.15) is 11.2 Å². The number of Topliss-reactive ketones (excluding diaryl/α,β-unsaturated/α-hetero) is 1. The third kappa shape index (κ3) is 5.06. The predicted molar refractivity (Wildman–Crippen MR) is 149 cm³/mol. The van der Waals surface area contributed by atoms with Crippen molar-refractivity contribution < 1.29 is 34.8 Å². The molecule has 0 aromatic carbocycles. The number of carbonyl (C=O) groups excluding carboxylic acids is 2. The van der Waals surface area contributed by atoms with Gasteiger partial charge in [-0.25, -0.2) is 0 Å². The lowest BCUT2D eigenvalue weighted by atomic mass is 9.60. The summed E-state index contributed by atoms with van der Waals surface area (Å²) in [5, 5.41) is 42.9. The molecule has 220 valence electrons. The van der Waals surface area contributed by atoms with Crippen LogP contribution in [0.4, 0.5) is 0 Å². The zero-order valence-corrected chi connectivity index (χ0v) is 24.4. The topological polar surface area (TPSA) is 124 Å². The van der Waals surface area contributed by atoms with Crippen molar-refractivity contribution in [3.63, 3.8) is 0 Å². The first-order chi connectivity index (χ1) is 18.4. The van der Waals surface area contributed by atoms with E-state index in [2.05, 4.69) is 13.8 Å². The van der Waals surface area contributed by atoms with Gasteiger partial charge in [-0.15, -0.1) is 0 Å². The van der Waals surface area contributed by atoms with Crippen LogP contribution in [-0.4, -0.2) is 62.2 Å². The largest absolute Gasteiger partial charge is 0.458 e. The molecule has 0 radical (unpaired) electrons. The average Bonchev–Trinajstić information content (AvgIpc) is 3.29. The first-order valence-electron chi connectivity index (χ1n) is 15.2. The molecule has 0 spiro atoms. The van der Waals surface area contributed by atoms with E-state index in [4.69, 9.17) is 9.84 Å². The molecule has 0 heterocycles. The highest BCUT2D eigenvalue weighted by Crippen LogP contribution is 2.76. The van der Waals surface area contributed by atoms with Crippen LogP contribution in [0.1, 0.15) is 105 Å². The minimum Gasteiger partial charge on any atom is -0.458 e. The lowest BCUT2D eigenvalue weighted by molar-refractivity contribution is -0.187. The van der Waals surface area contributed by atoms with Gasteiger partial charge < -0.3 is 25.2 Å². The van der Waals surface area contributed by atoms with E-state index in [-0.39, 0.29) is 48.6 Å². The van der Waals surface area contributed by atoms with Gasteiger partial charge in [0, 0.05) is 42.6 Å². The third-order valence-corrected chi connectivity index (χ3v) is 10.7. The second-order valence-electron chi connectivity index (χ2n) is 13.5. The highest BCUT2D eigenvalue weighted by Gasteiger charge is 2.83. The van der Waals surface area contributed by atoms with Crippen molar-refractivity contribution in [1.82, 2.24) is 0 Å². The van der Waals surface area contributed by atoms with Gasteiger partial charge in [-0.1, -0.05) is 77.9 Å². The molecule has 4 aliphatic rings. The fourth-order valence-corrected chi connectivity index (χ4v) is 8.47. The standard InChI is InChI=1S/C32H50O7/c1-21-16-25-30(37,28(21)36)19-23(20-34)17-24-27-29(3,4)31(27,18-22(2)32(24,25)38)39-26(35)14-12-10-8-6-5-7-9-11-13-15-33/h16-17,22,24-25,27,33-34,37-38H,5-15,18-20H2,1-4H3/t22-,24+,25-,27-,30-,31+,32-/m1/s1. The molecule has 0 unspecified atom stereocenters. The first-order valence-corrected chi connectivity index (χ1v) is 15.2. The Morgan fingerprint density at radius 2 is 1.56 bits per heavy atom. The number of fused-ring (bicyclic) bond motifs is 5. The molecule has 4 N–H and O–H groups in total. The lowest BCUT2D eigenvalue weighted by Gasteiger charge is -2.50. The van der Waals surface area contributed by atoms with Crippen LogP contribution in [0.2, 0.25) is 0 Å². The summed E-state index contributed by atoms with van der Waals surface area (Å²) < 4.78 is 6.30. The summed E-state index contributed by atoms with van der Waals surface area (Å²) in [6, 6.07) is 0. The van der Waals surface area contributed by atoms with E-state index in [1.165, 1.54) is 19.3 Å². The van der Waals surface area contributed by atoms with Crippen LogP contribution in [0.15, 0.2) is 23.3 Å². The maximum absolute atomic E-state index is 13.1. The summed E-state index contributed by atoms with van der Waals surface area (Å²) in [6.45, 7) is 7.74. The van der Waals surface area contributed by atoms with E-state index in [9.17, 15) is 24.9 Å². The van der Waals surface area contributed by atoms with Gasteiger partial charge in [0.05, 0.1) is 12.2 Å². The van der Waals surface area contributed by atoms with Gasteiger partial charge in [-0.2, -0.15) is 0 Å². The second kappa shape index (κ2) is 11.4. The number of aliphatic hydroxyl groups excluding tert-OH is 2. The van der Waals surface area contributed by atoms with Crippen molar-refractivity contribution in [1.29, 1.82) is 0 Å². The minimum absolute atomic E-state index is 0.00499. The quantitative estimate of drug-likeness (QED) is 0.153. The number of hydrogen-bond donors (Lipinski definition) is 4. The molecule has 4 aliphatic carbocycles. The Bertz CT molecular complexity index is 998. The van der Waals surface area contributed by atoms with Gasteiger partial charge in [0.25, 0.3) is 0 Å². The lowest BCUT2D eigenvalue weighted by Crippen LogP contribution is -2.61. The Morgan fingerprint density at radius 3 is 2.15 bits per heavy atom. The van der Waals surface area contributed by atoms with E-state index in [1.54, 1.807) is 13.0 Å². The second-order valence-corrected chi connectivity index (χ2v) is 13.5. The summed E-state index contributed by atoms with van der Waals surface area (Å²) in [5.74, 6) is -2.33. The summed E-state index contributed by atoms with van der Waals surface area (Å²) in [4.78, 5) is 26.1. The van der Waals surface area contributed by atoms with Crippen LogP contribution in [0.25, 0.3) is 0 Å². The highest BCUT2D eigenvalue weighted by molar-refractivity contribution is 6.04. The van der Waals surface area contributed by atoms with Crippen molar-refractivity contribution in [3.05, 3.63) is 23.3 Å². The zero-order valence-electron chi connectivity index (χ0n) is 24.4. The van der Waals surface area contributed by atoms with Gasteiger partial charge in [0.15, 0.2) is 5.78 Å². The molecule has 7 nitrogen and oxygen atoms in total. The Hall–Kier alpha value is -1.54. The van der Waals surface area contributed by atoms with Crippen LogP contribution in [-0.2, 0) is 14.3 Å². The molecule has 0 aromatic rings. The van der Waals surface area contributed by atoms with Crippen LogP contribution in [0.5, 0.6) is 0 Å². The summed E-state index contributed by atoms with van der Waals surface area (Å²) in [5.41, 5.74) is -3.28. The maximum Gasteiger partial charge on any atom is 0.306 e. The van der Waals surface area contributed by atoms with Crippen molar-refractivity contribution in [2.75, 3.05) is 13.2 Å². The summed E-state index contributed by atoms with van der Waals surface area (Å²) >= 11 is 0. The Labute approximate surface area is 233 Å². The van der Waals surface area contributed by atoms with Gasteiger partial charge in [0.2, 0.25) is 0 Å². The van der Waals surface area contributed by atoms with Gasteiger partial charge in [-0.3, -0.25) is 9.59 Å². The smallest absolute Gasteiger partial charge is 0.306 e. The zero-order chi connectivity index (χ0) is 28.6. The molecule has 2 fully saturated rings. The van der Waals surface area contributed by atoms with E-state index in [0.717, 1.165) is 38.5 Å². The number of ketones is 1. The predicted octanol–water partition coefficient (Wildman–Crippen LogP) is 4.40. The monoisotopic (exact) mass is 546 g/mol. The fourth-order valence-electron chi connectivity index (χ4n) is 8.47. The van der Waals surface area contributed by atoms with Crippen LogP contribution in [0.3, 0.4) is 0 Å². The van der Waals surface area contributed by atoms with Crippen molar-refractivity contribution in [2.24, 2.45) is 29.1 Å². The van der Waals surface area contributed by atoms with Gasteiger partial charge >= 0.3 is 5.97 Å². The molecular weight excluding hydrogens is 496 g/mol. The van der Waals surface area contributed by atoms with Crippen LogP contribution in [0, 0.1) is 29.1 Å². The summed E-state index contributed by atoms with van der Waals surface area (Å²) in [7, 11) is 0. The van der Waals surface area contributed by atoms with E-state index in [1.807, 2.05) is 13.0 Å². The normalized spacial score (nSPS) is 38.2. The summed E-state index contributed by atoms with van der Waals surface area (Å²) in [6.07, 6.45) is 14.0. The van der Waals surface area contributed by atoms with Crippen LogP contribution >= 0.6 is 0 Å². The number of unbranched alkanes of at least 4 members (excludes halogenated alkanes) is 8. The molecule has 7 atom stereocenters. The fraction of sp³-hybridized carbons (Fsp3) is 0.812. The van der Waals surface area contributed by atoms with E-state index in [0.29, 0.717) is 24.0 Å². The third-order valence-electron chi connectivity index (χ3n) is 10.7. The minimum atomic E-state index is -1.77. The molecule has 7 heteroatoms. The van der Waals surface area contributed by atoms with E-state index < -0.39 is 28.6 Å². The number of hydrogen-bond acceptors (Lipinski definition) is 7. The maximum atomic E-state index is 13.1. The first kappa shape index (κ1) is 30.4. The molecule has 0 aliphatic heterocycles. The molecule has 0 saturated heterocycles. The van der Waals surface area contributed by atoms with Crippen LogP contribution < -0.4 is 0 Å². The number of rotatable bonds is 13. The SMILES string of the molecule is CC1=C[C@H]2[C@@]3(O)[C@H](C)C[C@]4(OC(=O)CCCCCCCCCCCO)[C@H]([C@@H]3C=C(CO)C[C@]2(O)C1=O)C4(C)C. The Balaban J connectivity index is 1.41. The highest BCUT2D eigenvalue weighted by atomic mass is 16.6. The van der Waals surface area contributed by atoms with Crippen molar-refractivity contribution in [2.45, 2.75) is 122 Å². The van der Waals surface area contributed by atoms with Crippen molar-refractivity contribution >= 4 is 11.8 Å². The molecule has 0 aromatic heterocycles. The number of ether oxygens (including phenoxy) is 1. The number of carbonyl (C=O) groups is 2. The average molecular weight is 547 g/mol. The van der Waals surface area contributed by atoms with E-state index >= 15 is 0 Å². The Kier molecular flexibility index (Phi) is 8.88. The molecule has 39 heavy (non-hydrogen) atoms. The Morgan fingerprint density at radius 1 is 0.974 bits per heavy atom. The van der Waals surface area contributed by atoms with Crippen molar-refractivity contribution in [3.8, 4) is 0 Å². The number of aliphatic hydroxyl groups is 4. The molecule has 4 rings (SSSR count).